The lowest BCUT2D eigenvalue weighted by molar-refractivity contribution is 0.415. The minimum atomic E-state index is -0.160. The average molecular weight is 247 g/mol. The number of benzene rings is 1. The summed E-state index contributed by atoms with van der Waals surface area (Å²) in [6.07, 6.45) is 0. The Hall–Kier alpha value is -2.08. The molecule has 0 aliphatic rings. The minimum Gasteiger partial charge on any atom is -0.497 e. The Labute approximate surface area is 106 Å². The van der Waals surface area contributed by atoms with Crippen LogP contribution in [0.2, 0.25) is 0 Å². The van der Waals surface area contributed by atoms with Crippen LogP contribution in [0.5, 0.6) is 5.75 Å². The molecule has 18 heavy (non-hydrogen) atoms. The number of ether oxygens (including phenoxy) is 1. The molecule has 0 saturated carbocycles. The first-order valence-electron chi connectivity index (χ1n) is 5.73. The van der Waals surface area contributed by atoms with Crippen LogP contribution < -0.4 is 15.8 Å². The van der Waals surface area contributed by atoms with Crippen molar-refractivity contribution in [1.82, 2.24) is 15.2 Å². The fourth-order valence-corrected chi connectivity index (χ4v) is 1.51. The zero-order valence-corrected chi connectivity index (χ0v) is 10.5. The van der Waals surface area contributed by atoms with Crippen molar-refractivity contribution in [2.75, 3.05) is 12.4 Å². The number of aromatic nitrogens is 3. The lowest BCUT2D eigenvalue weighted by atomic mass is 10.3. The minimum absolute atomic E-state index is 0.160. The quantitative estimate of drug-likeness (QED) is 0.744. The number of hydrogen-bond donors (Lipinski definition) is 3. The number of H-pyrrole nitrogens is 1. The van der Waals surface area contributed by atoms with Gasteiger partial charge in [-0.2, -0.15) is 5.10 Å². The Morgan fingerprint density at radius 2 is 2.33 bits per heavy atom. The molecule has 0 amide bonds. The van der Waals surface area contributed by atoms with Gasteiger partial charge in [0.1, 0.15) is 11.6 Å². The van der Waals surface area contributed by atoms with Gasteiger partial charge in [0.05, 0.1) is 19.7 Å². The first kappa shape index (κ1) is 12.4. The molecule has 6 nitrogen and oxygen atoms in total. The van der Waals surface area contributed by atoms with Crippen molar-refractivity contribution in [2.45, 2.75) is 19.5 Å². The van der Waals surface area contributed by atoms with Gasteiger partial charge in [0.15, 0.2) is 5.82 Å². The molecule has 0 bridgehead atoms. The van der Waals surface area contributed by atoms with Crippen LogP contribution in [-0.2, 0) is 6.54 Å². The fourth-order valence-electron chi connectivity index (χ4n) is 1.51. The highest BCUT2D eigenvalue weighted by molar-refractivity contribution is 5.48. The van der Waals surface area contributed by atoms with Gasteiger partial charge in [-0.15, -0.1) is 0 Å². The van der Waals surface area contributed by atoms with E-state index in [0.29, 0.717) is 12.4 Å². The zero-order chi connectivity index (χ0) is 13.0. The van der Waals surface area contributed by atoms with E-state index in [1.54, 1.807) is 7.11 Å². The predicted octanol–water partition coefficient (Wildman–Crippen LogP) is 1.45. The summed E-state index contributed by atoms with van der Waals surface area (Å²) in [4.78, 5) is 4.28. The predicted molar refractivity (Wildman–Crippen MR) is 69.3 cm³/mol. The zero-order valence-electron chi connectivity index (χ0n) is 10.5. The summed E-state index contributed by atoms with van der Waals surface area (Å²) in [5.74, 6) is 2.19. The molecule has 0 spiro atoms. The van der Waals surface area contributed by atoms with Crippen LogP contribution in [-0.4, -0.2) is 22.3 Å². The van der Waals surface area contributed by atoms with E-state index < -0.39 is 0 Å². The monoisotopic (exact) mass is 247 g/mol. The van der Waals surface area contributed by atoms with Gasteiger partial charge in [-0.05, 0) is 19.1 Å². The van der Waals surface area contributed by atoms with Gasteiger partial charge in [0.2, 0.25) is 0 Å². The number of methoxy groups -OCH3 is 1. The summed E-state index contributed by atoms with van der Waals surface area (Å²) >= 11 is 0. The molecule has 0 unspecified atom stereocenters. The van der Waals surface area contributed by atoms with Crippen LogP contribution in [0, 0.1) is 0 Å². The third-order valence-corrected chi connectivity index (χ3v) is 2.49. The molecule has 6 heteroatoms. The van der Waals surface area contributed by atoms with E-state index >= 15 is 0 Å². The van der Waals surface area contributed by atoms with Crippen molar-refractivity contribution in [2.24, 2.45) is 5.73 Å². The van der Waals surface area contributed by atoms with Crippen LogP contribution in [0.15, 0.2) is 24.3 Å². The molecule has 0 saturated heterocycles. The van der Waals surface area contributed by atoms with E-state index in [1.807, 2.05) is 31.2 Å². The van der Waals surface area contributed by atoms with Crippen molar-refractivity contribution in [1.29, 1.82) is 0 Å². The Morgan fingerprint density at radius 1 is 1.50 bits per heavy atom. The van der Waals surface area contributed by atoms with E-state index in [9.17, 15) is 0 Å². The molecule has 96 valence electrons. The molecular weight excluding hydrogens is 230 g/mol. The second-order valence-electron chi connectivity index (χ2n) is 4.01. The molecule has 0 aliphatic heterocycles. The average Bonchev–Trinajstić information content (AvgIpc) is 2.85. The van der Waals surface area contributed by atoms with E-state index in [1.165, 1.54) is 0 Å². The Balaban J connectivity index is 1.97. The van der Waals surface area contributed by atoms with Crippen LogP contribution in [0.4, 0.5) is 5.69 Å². The third-order valence-electron chi connectivity index (χ3n) is 2.49. The summed E-state index contributed by atoms with van der Waals surface area (Å²) in [6, 6.07) is 7.54. The van der Waals surface area contributed by atoms with Crippen LogP contribution >= 0.6 is 0 Å². The summed E-state index contributed by atoms with van der Waals surface area (Å²) in [6.45, 7) is 2.41. The second kappa shape index (κ2) is 5.50. The van der Waals surface area contributed by atoms with Gasteiger partial charge in [0.25, 0.3) is 0 Å². The first-order chi connectivity index (χ1) is 8.69. The molecule has 1 heterocycles. The highest BCUT2D eigenvalue weighted by Gasteiger charge is 2.06. The third kappa shape index (κ3) is 2.98. The fraction of sp³-hybridized carbons (Fsp3) is 0.333. The largest absolute Gasteiger partial charge is 0.497 e. The summed E-state index contributed by atoms with van der Waals surface area (Å²) in [5, 5.41) is 10.1. The highest BCUT2D eigenvalue weighted by Crippen LogP contribution is 2.17. The van der Waals surface area contributed by atoms with Crippen molar-refractivity contribution < 1.29 is 4.74 Å². The molecule has 1 atom stereocenters. The van der Waals surface area contributed by atoms with Gasteiger partial charge in [-0.1, -0.05) is 6.07 Å². The molecule has 4 N–H and O–H groups in total. The number of nitrogens with one attached hydrogen (secondary N) is 2. The number of hydrogen-bond acceptors (Lipinski definition) is 5. The van der Waals surface area contributed by atoms with Crippen molar-refractivity contribution >= 4 is 5.69 Å². The summed E-state index contributed by atoms with van der Waals surface area (Å²) in [5.41, 5.74) is 6.66. The van der Waals surface area contributed by atoms with E-state index in [2.05, 4.69) is 20.5 Å². The van der Waals surface area contributed by atoms with E-state index in [0.717, 1.165) is 17.3 Å². The van der Waals surface area contributed by atoms with Crippen molar-refractivity contribution in [3.05, 3.63) is 35.9 Å². The maximum atomic E-state index is 5.69. The Bertz CT molecular complexity index is 509. The number of nitrogens with two attached hydrogens (primary N) is 1. The van der Waals surface area contributed by atoms with Crippen LogP contribution in [0.3, 0.4) is 0 Å². The molecule has 2 rings (SSSR count). The summed E-state index contributed by atoms with van der Waals surface area (Å²) in [7, 11) is 1.64. The Kier molecular flexibility index (Phi) is 3.78. The van der Waals surface area contributed by atoms with Crippen LogP contribution in [0.25, 0.3) is 0 Å². The topological polar surface area (TPSA) is 88.8 Å². The van der Waals surface area contributed by atoms with Crippen LogP contribution in [0.1, 0.15) is 24.6 Å². The number of anilines is 1. The molecule has 1 aromatic carbocycles. The van der Waals surface area contributed by atoms with Gasteiger partial charge in [0, 0.05) is 11.8 Å². The van der Waals surface area contributed by atoms with Gasteiger partial charge in [-0.3, -0.25) is 5.10 Å². The SMILES string of the molecule is COc1cccc(NCc2nc([C@H](C)N)n[nH]2)c1. The second-order valence-corrected chi connectivity index (χ2v) is 4.01. The maximum absolute atomic E-state index is 5.69. The Morgan fingerprint density at radius 3 is 3.00 bits per heavy atom. The van der Waals surface area contributed by atoms with Gasteiger partial charge < -0.3 is 15.8 Å². The van der Waals surface area contributed by atoms with Crippen molar-refractivity contribution in [3.8, 4) is 5.75 Å². The summed E-state index contributed by atoms with van der Waals surface area (Å²) < 4.78 is 5.15. The molecule has 1 aromatic heterocycles. The van der Waals surface area contributed by atoms with Crippen molar-refractivity contribution in [3.63, 3.8) is 0 Å². The number of nitrogens with zero attached hydrogens (tertiary/aromatic N) is 2. The maximum Gasteiger partial charge on any atom is 0.167 e. The molecule has 0 aliphatic carbocycles. The number of rotatable bonds is 5. The van der Waals surface area contributed by atoms with Gasteiger partial charge >= 0.3 is 0 Å². The molecule has 0 fully saturated rings. The first-order valence-corrected chi connectivity index (χ1v) is 5.73. The smallest absolute Gasteiger partial charge is 0.167 e. The molecular formula is C12H17N5O. The standard InChI is InChI=1S/C12H17N5O/c1-8(13)12-15-11(16-17-12)7-14-9-4-3-5-10(6-9)18-2/h3-6,8,14H,7,13H2,1-2H3,(H,15,16,17)/t8-/m0/s1. The normalized spacial score (nSPS) is 12.2. The molecule has 2 aromatic rings. The molecule has 0 radical (unpaired) electrons. The van der Waals surface area contributed by atoms with Gasteiger partial charge in [-0.25, -0.2) is 4.98 Å². The lowest BCUT2D eigenvalue weighted by Gasteiger charge is -2.06. The lowest BCUT2D eigenvalue weighted by Crippen LogP contribution is -2.07. The van der Waals surface area contributed by atoms with E-state index in [-0.39, 0.29) is 6.04 Å². The number of aromatic amines is 1. The van der Waals surface area contributed by atoms with E-state index in [4.69, 9.17) is 10.5 Å². The highest BCUT2D eigenvalue weighted by atomic mass is 16.5.